The van der Waals surface area contributed by atoms with E-state index >= 15 is 0 Å². The van der Waals surface area contributed by atoms with Crippen LogP contribution in [0, 0.1) is 12.7 Å². The van der Waals surface area contributed by atoms with Gasteiger partial charge < -0.3 is 10.1 Å². The number of carbonyl (C=O) groups is 1. The first-order chi connectivity index (χ1) is 11.1. The van der Waals surface area contributed by atoms with E-state index < -0.39 is 0 Å². The van der Waals surface area contributed by atoms with Crippen LogP contribution < -0.4 is 5.32 Å². The van der Waals surface area contributed by atoms with Gasteiger partial charge in [-0.1, -0.05) is 12.1 Å². The number of nitrogens with one attached hydrogen (secondary N) is 1. The van der Waals surface area contributed by atoms with E-state index in [1.54, 1.807) is 13.0 Å². The molecule has 2 aliphatic heterocycles. The van der Waals surface area contributed by atoms with Crippen LogP contribution in [0.5, 0.6) is 0 Å². The van der Waals surface area contributed by atoms with Crippen molar-refractivity contribution in [2.75, 3.05) is 19.8 Å². The summed E-state index contributed by atoms with van der Waals surface area (Å²) in [6.07, 6.45) is 3.99. The number of hydrogen-bond donors (Lipinski definition) is 1. The summed E-state index contributed by atoms with van der Waals surface area (Å²) in [4.78, 5) is 14.9. The highest BCUT2D eigenvalue weighted by atomic mass is 19.1. The fourth-order valence-electron chi connectivity index (χ4n) is 3.58. The van der Waals surface area contributed by atoms with Crippen LogP contribution in [0.25, 0.3) is 0 Å². The molecule has 0 aliphatic carbocycles. The average molecular weight is 320 g/mol. The van der Waals surface area contributed by atoms with Gasteiger partial charge in [-0.25, -0.2) is 4.39 Å². The Balaban J connectivity index is 1.57. The molecule has 2 aliphatic rings. The van der Waals surface area contributed by atoms with Gasteiger partial charge in [0.05, 0.1) is 6.04 Å². The first kappa shape index (κ1) is 16.4. The Bertz CT molecular complexity index is 558. The molecule has 5 heteroatoms. The Morgan fingerprint density at radius 3 is 2.87 bits per heavy atom. The summed E-state index contributed by atoms with van der Waals surface area (Å²) in [6, 6.07) is 5.53. The number of likely N-dealkylation sites (tertiary alicyclic amines) is 1. The summed E-state index contributed by atoms with van der Waals surface area (Å²) in [6.45, 7) is 4.69. The van der Waals surface area contributed by atoms with Crippen molar-refractivity contribution < 1.29 is 13.9 Å². The van der Waals surface area contributed by atoms with Gasteiger partial charge in [-0.3, -0.25) is 9.69 Å². The van der Waals surface area contributed by atoms with Crippen molar-refractivity contribution in [3.05, 3.63) is 35.1 Å². The van der Waals surface area contributed by atoms with Crippen molar-refractivity contribution in [2.24, 2.45) is 0 Å². The molecule has 0 aromatic heterocycles. The van der Waals surface area contributed by atoms with Gasteiger partial charge in [0.25, 0.3) is 0 Å². The van der Waals surface area contributed by atoms with Crippen molar-refractivity contribution in [3.63, 3.8) is 0 Å². The van der Waals surface area contributed by atoms with Crippen molar-refractivity contribution in [3.8, 4) is 0 Å². The maximum atomic E-state index is 13.6. The average Bonchev–Trinajstić information content (AvgIpc) is 3.06. The van der Waals surface area contributed by atoms with Gasteiger partial charge in [-0.15, -0.1) is 0 Å². The zero-order valence-electron chi connectivity index (χ0n) is 13.7. The minimum Gasteiger partial charge on any atom is -0.381 e. The summed E-state index contributed by atoms with van der Waals surface area (Å²) < 4.78 is 19.0. The smallest absolute Gasteiger partial charge is 0.237 e. The lowest BCUT2D eigenvalue weighted by molar-refractivity contribution is -0.127. The predicted molar refractivity (Wildman–Crippen MR) is 86.6 cm³/mol. The quantitative estimate of drug-likeness (QED) is 0.926. The van der Waals surface area contributed by atoms with E-state index in [9.17, 15) is 9.18 Å². The molecular weight excluding hydrogens is 295 g/mol. The molecule has 1 atom stereocenters. The van der Waals surface area contributed by atoms with Crippen molar-refractivity contribution in [1.82, 2.24) is 10.2 Å². The summed E-state index contributed by atoms with van der Waals surface area (Å²) >= 11 is 0. The number of aryl methyl sites for hydroxylation is 1. The second-order valence-corrected chi connectivity index (χ2v) is 6.54. The summed E-state index contributed by atoms with van der Waals surface area (Å²) in [5.41, 5.74) is 1.43. The molecule has 23 heavy (non-hydrogen) atoms. The zero-order valence-corrected chi connectivity index (χ0v) is 13.7. The third-order valence-corrected chi connectivity index (χ3v) is 4.96. The van der Waals surface area contributed by atoms with E-state index in [0.29, 0.717) is 18.2 Å². The molecule has 0 saturated carbocycles. The minimum atomic E-state index is -0.221. The Kier molecular flexibility index (Phi) is 5.28. The molecule has 1 N–H and O–H groups in total. The fraction of sp³-hybridized carbons (Fsp3) is 0.611. The van der Waals surface area contributed by atoms with Gasteiger partial charge in [0, 0.05) is 25.8 Å². The molecule has 2 fully saturated rings. The number of amides is 1. The van der Waals surface area contributed by atoms with Crippen molar-refractivity contribution >= 4 is 5.91 Å². The van der Waals surface area contributed by atoms with Crippen LogP contribution in [0.4, 0.5) is 4.39 Å². The number of benzene rings is 1. The first-order valence-electron chi connectivity index (χ1n) is 8.51. The molecular formula is C18H25FN2O2. The lowest BCUT2D eigenvalue weighted by atomic mass is 10.1. The highest BCUT2D eigenvalue weighted by molar-refractivity contribution is 5.82. The van der Waals surface area contributed by atoms with E-state index in [-0.39, 0.29) is 17.8 Å². The third-order valence-electron chi connectivity index (χ3n) is 4.96. The Morgan fingerprint density at radius 2 is 2.13 bits per heavy atom. The molecule has 2 saturated heterocycles. The van der Waals surface area contributed by atoms with E-state index in [1.165, 1.54) is 6.07 Å². The number of hydrogen-bond acceptors (Lipinski definition) is 3. The summed E-state index contributed by atoms with van der Waals surface area (Å²) in [7, 11) is 0. The molecule has 0 spiro atoms. The highest BCUT2D eigenvalue weighted by Gasteiger charge is 2.35. The van der Waals surface area contributed by atoms with Gasteiger partial charge in [0.1, 0.15) is 5.82 Å². The van der Waals surface area contributed by atoms with Crippen LogP contribution in [-0.4, -0.2) is 42.6 Å². The van der Waals surface area contributed by atoms with Crippen LogP contribution in [-0.2, 0) is 16.1 Å². The van der Waals surface area contributed by atoms with E-state index in [0.717, 1.165) is 51.0 Å². The third kappa shape index (κ3) is 3.90. The lowest BCUT2D eigenvalue weighted by Crippen LogP contribution is -2.49. The topological polar surface area (TPSA) is 41.6 Å². The second kappa shape index (κ2) is 7.41. The first-order valence-corrected chi connectivity index (χ1v) is 8.51. The van der Waals surface area contributed by atoms with Gasteiger partial charge in [-0.05, 0) is 56.3 Å². The summed E-state index contributed by atoms with van der Waals surface area (Å²) in [5, 5.41) is 2.98. The SMILES string of the molecule is Cc1ccc(CNC(=O)C2CCCN2C2CCOCC2)cc1F. The normalized spacial score (nSPS) is 23.1. The van der Waals surface area contributed by atoms with E-state index in [4.69, 9.17) is 4.74 Å². The van der Waals surface area contributed by atoms with Gasteiger partial charge in [0.15, 0.2) is 0 Å². The molecule has 0 radical (unpaired) electrons. The van der Waals surface area contributed by atoms with Gasteiger partial charge in [0.2, 0.25) is 5.91 Å². The minimum absolute atomic E-state index is 0.0478. The van der Waals surface area contributed by atoms with Crippen LogP contribution in [0.3, 0.4) is 0 Å². The van der Waals surface area contributed by atoms with Gasteiger partial charge >= 0.3 is 0 Å². The standard InChI is InChI=1S/C18H25FN2O2/c1-13-4-5-14(11-16(13)19)12-20-18(22)17-3-2-8-21(17)15-6-9-23-10-7-15/h4-5,11,15,17H,2-3,6-10,12H2,1H3,(H,20,22). The van der Waals surface area contributed by atoms with Crippen LogP contribution in [0.2, 0.25) is 0 Å². The molecule has 1 unspecified atom stereocenters. The molecule has 4 nitrogen and oxygen atoms in total. The Labute approximate surface area is 137 Å². The number of ether oxygens (including phenoxy) is 1. The second-order valence-electron chi connectivity index (χ2n) is 6.54. The largest absolute Gasteiger partial charge is 0.381 e. The van der Waals surface area contributed by atoms with Crippen LogP contribution in [0.1, 0.15) is 36.8 Å². The maximum absolute atomic E-state index is 13.6. The van der Waals surface area contributed by atoms with E-state index in [1.807, 2.05) is 6.07 Å². The Morgan fingerprint density at radius 1 is 1.35 bits per heavy atom. The van der Waals surface area contributed by atoms with Crippen LogP contribution >= 0.6 is 0 Å². The summed E-state index contributed by atoms with van der Waals surface area (Å²) in [5.74, 6) is -0.156. The Hall–Kier alpha value is -1.46. The molecule has 0 bridgehead atoms. The number of carbonyl (C=O) groups excluding carboxylic acids is 1. The predicted octanol–water partition coefficient (Wildman–Crippen LogP) is 2.39. The monoisotopic (exact) mass is 320 g/mol. The molecule has 1 aromatic rings. The van der Waals surface area contributed by atoms with E-state index in [2.05, 4.69) is 10.2 Å². The molecule has 2 heterocycles. The van der Waals surface area contributed by atoms with Gasteiger partial charge in [-0.2, -0.15) is 0 Å². The molecule has 1 aromatic carbocycles. The van der Waals surface area contributed by atoms with Crippen molar-refractivity contribution in [2.45, 2.75) is 51.2 Å². The number of halogens is 1. The lowest BCUT2D eigenvalue weighted by Gasteiger charge is -2.34. The molecule has 126 valence electrons. The number of rotatable bonds is 4. The van der Waals surface area contributed by atoms with Crippen molar-refractivity contribution in [1.29, 1.82) is 0 Å². The van der Waals surface area contributed by atoms with Crippen LogP contribution in [0.15, 0.2) is 18.2 Å². The fourth-order valence-corrected chi connectivity index (χ4v) is 3.58. The zero-order chi connectivity index (χ0) is 16.2. The molecule has 3 rings (SSSR count). The maximum Gasteiger partial charge on any atom is 0.237 e. The number of nitrogens with zero attached hydrogens (tertiary/aromatic N) is 1. The highest BCUT2D eigenvalue weighted by Crippen LogP contribution is 2.25. The molecule has 1 amide bonds.